The molecule has 0 unspecified atom stereocenters. The Morgan fingerprint density at radius 2 is 2.33 bits per heavy atom. The molecule has 1 amide bonds. The fourth-order valence-electron chi connectivity index (χ4n) is 1.54. The van der Waals surface area contributed by atoms with Gasteiger partial charge < -0.3 is 5.11 Å². The van der Waals surface area contributed by atoms with E-state index in [0.717, 1.165) is 17.6 Å². The molecule has 0 fully saturated rings. The maximum absolute atomic E-state index is 13.3. The number of rotatable bonds is 3. The molecule has 0 aliphatic heterocycles. The molecule has 0 spiro atoms. The molecule has 1 aromatic heterocycles. The van der Waals surface area contributed by atoms with Gasteiger partial charge in [-0.15, -0.1) is 0 Å². The number of carbonyl (C=O) groups excluding carboxylic acids is 1. The highest BCUT2D eigenvalue weighted by Gasteiger charge is 2.13. The number of halogens is 1. The molecule has 21 heavy (non-hydrogen) atoms. The summed E-state index contributed by atoms with van der Waals surface area (Å²) in [6, 6.07) is 3.78. The molecule has 0 saturated heterocycles. The Balaban J connectivity index is 2.26. The molecule has 0 aliphatic carbocycles. The number of nitrogens with one attached hydrogen (secondary N) is 1. The minimum absolute atomic E-state index is 0.0697. The number of hydrogen-bond donors (Lipinski definition) is 2. The van der Waals surface area contributed by atoms with Gasteiger partial charge in [0.2, 0.25) is 5.13 Å². The van der Waals surface area contributed by atoms with Crippen molar-refractivity contribution in [2.75, 3.05) is 11.9 Å². The van der Waals surface area contributed by atoms with Crippen LogP contribution in [0.4, 0.5) is 9.52 Å². The number of benzene rings is 1. The van der Waals surface area contributed by atoms with E-state index in [2.05, 4.69) is 26.5 Å². The second-order valence-electron chi connectivity index (χ2n) is 4.07. The lowest BCUT2D eigenvalue weighted by Crippen LogP contribution is -2.13. The quantitative estimate of drug-likeness (QED) is 0.850. The van der Waals surface area contributed by atoms with Gasteiger partial charge >= 0.3 is 0 Å². The fraction of sp³-hybridized carbons (Fsp3) is 0.214. The maximum atomic E-state index is 13.3. The Morgan fingerprint density at radius 3 is 3.00 bits per heavy atom. The third kappa shape index (κ3) is 4.08. The summed E-state index contributed by atoms with van der Waals surface area (Å²) in [7, 11) is 0. The van der Waals surface area contributed by atoms with Gasteiger partial charge in [0.05, 0.1) is 12.2 Å². The minimum Gasteiger partial charge on any atom is -0.395 e. The van der Waals surface area contributed by atoms with Crippen LogP contribution in [0, 0.1) is 24.6 Å². The van der Waals surface area contributed by atoms with Crippen molar-refractivity contribution in [1.82, 2.24) is 9.36 Å². The Labute approximate surface area is 125 Å². The number of carbonyl (C=O) groups is 1. The standard InChI is InChI=1S/C14H12FN3O2S/c1-9-16-14(21-18-9)17-13(20)12-8-11(15)6-5-10(12)4-2-3-7-19/h5-6,8,19H,3,7H2,1H3,(H,16,17,18,20). The first-order chi connectivity index (χ1) is 10.1. The van der Waals surface area contributed by atoms with E-state index < -0.39 is 11.7 Å². The molecule has 1 aromatic carbocycles. The highest BCUT2D eigenvalue weighted by atomic mass is 32.1. The monoisotopic (exact) mass is 305 g/mol. The Bertz CT molecular complexity index is 718. The van der Waals surface area contributed by atoms with Crippen LogP contribution in [0.15, 0.2) is 18.2 Å². The van der Waals surface area contributed by atoms with E-state index in [1.807, 2.05) is 0 Å². The third-order valence-electron chi connectivity index (χ3n) is 2.43. The van der Waals surface area contributed by atoms with E-state index in [-0.39, 0.29) is 18.6 Å². The molecule has 0 atom stereocenters. The van der Waals surface area contributed by atoms with Gasteiger partial charge in [0.15, 0.2) is 0 Å². The highest BCUT2D eigenvalue weighted by molar-refractivity contribution is 7.09. The first-order valence-electron chi connectivity index (χ1n) is 6.11. The lowest BCUT2D eigenvalue weighted by Gasteiger charge is -2.04. The van der Waals surface area contributed by atoms with E-state index in [1.165, 1.54) is 12.1 Å². The van der Waals surface area contributed by atoms with Crippen molar-refractivity contribution in [3.8, 4) is 11.8 Å². The molecule has 1 heterocycles. The average Bonchev–Trinajstić information content (AvgIpc) is 2.86. The lowest BCUT2D eigenvalue weighted by atomic mass is 10.1. The molecule has 2 aromatic rings. The summed E-state index contributed by atoms with van der Waals surface area (Å²) >= 11 is 1.05. The zero-order valence-electron chi connectivity index (χ0n) is 11.2. The SMILES string of the molecule is Cc1nsc(NC(=O)c2cc(F)ccc2C#CCCO)n1. The molecule has 0 radical (unpaired) electrons. The third-order valence-corrected chi connectivity index (χ3v) is 3.16. The number of aliphatic hydroxyl groups is 1. The molecule has 0 saturated carbocycles. The second kappa shape index (κ2) is 6.92. The summed E-state index contributed by atoms with van der Waals surface area (Å²) in [6.07, 6.45) is 0.286. The summed E-state index contributed by atoms with van der Waals surface area (Å²) in [4.78, 5) is 16.2. The second-order valence-corrected chi connectivity index (χ2v) is 4.82. The first kappa shape index (κ1) is 15.1. The van der Waals surface area contributed by atoms with E-state index in [4.69, 9.17) is 5.11 Å². The van der Waals surface area contributed by atoms with Crippen LogP contribution in [0.1, 0.15) is 28.2 Å². The number of amides is 1. The van der Waals surface area contributed by atoms with Gasteiger partial charge in [-0.2, -0.15) is 4.37 Å². The molecule has 2 rings (SSSR count). The van der Waals surface area contributed by atoms with Crippen LogP contribution in [0.5, 0.6) is 0 Å². The van der Waals surface area contributed by atoms with Crippen molar-refractivity contribution in [2.45, 2.75) is 13.3 Å². The zero-order valence-corrected chi connectivity index (χ0v) is 12.0. The Hall–Kier alpha value is -2.30. The molecule has 0 bridgehead atoms. The van der Waals surface area contributed by atoms with Crippen LogP contribution in [0.25, 0.3) is 0 Å². The first-order valence-corrected chi connectivity index (χ1v) is 6.88. The topological polar surface area (TPSA) is 75.1 Å². The van der Waals surface area contributed by atoms with Crippen LogP contribution in [-0.4, -0.2) is 27.0 Å². The summed E-state index contributed by atoms with van der Waals surface area (Å²) in [5, 5.41) is 11.6. The van der Waals surface area contributed by atoms with Crippen molar-refractivity contribution >= 4 is 22.6 Å². The summed E-state index contributed by atoms with van der Waals surface area (Å²) in [5.41, 5.74) is 0.511. The van der Waals surface area contributed by atoms with E-state index >= 15 is 0 Å². The molecular weight excluding hydrogens is 293 g/mol. The van der Waals surface area contributed by atoms with Gasteiger partial charge in [-0.25, -0.2) is 9.37 Å². The van der Waals surface area contributed by atoms with Crippen molar-refractivity contribution in [3.63, 3.8) is 0 Å². The predicted molar refractivity (Wildman–Crippen MR) is 77.6 cm³/mol. The summed E-state index contributed by atoms with van der Waals surface area (Å²) in [5.74, 6) is 4.98. The zero-order chi connectivity index (χ0) is 15.2. The highest BCUT2D eigenvalue weighted by Crippen LogP contribution is 2.15. The van der Waals surface area contributed by atoms with Gasteiger partial charge in [0.1, 0.15) is 11.6 Å². The van der Waals surface area contributed by atoms with Gasteiger partial charge in [0, 0.05) is 23.5 Å². The average molecular weight is 305 g/mol. The maximum Gasteiger partial charge on any atom is 0.258 e. The van der Waals surface area contributed by atoms with Crippen LogP contribution < -0.4 is 5.32 Å². The number of hydrogen-bond acceptors (Lipinski definition) is 5. The summed E-state index contributed by atoms with van der Waals surface area (Å²) in [6.45, 7) is 1.64. The van der Waals surface area contributed by atoms with Gasteiger partial charge in [0.25, 0.3) is 5.91 Å². The fourth-order valence-corrected chi connectivity index (χ4v) is 2.11. The molecule has 5 nitrogen and oxygen atoms in total. The van der Waals surface area contributed by atoms with Gasteiger partial charge in [-0.05, 0) is 25.1 Å². The Morgan fingerprint density at radius 1 is 1.52 bits per heavy atom. The van der Waals surface area contributed by atoms with Crippen LogP contribution in [0.2, 0.25) is 0 Å². The smallest absolute Gasteiger partial charge is 0.258 e. The number of anilines is 1. The minimum atomic E-state index is -0.527. The lowest BCUT2D eigenvalue weighted by molar-refractivity contribution is 0.102. The van der Waals surface area contributed by atoms with Crippen molar-refractivity contribution in [2.24, 2.45) is 0 Å². The molecule has 7 heteroatoms. The van der Waals surface area contributed by atoms with Gasteiger partial charge in [-0.1, -0.05) is 11.8 Å². The number of aliphatic hydroxyl groups excluding tert-OH is 1. The molecule has 108 valence electrons. The van der Waals surface area contributed by atoms with Crippen molar-refractivity contribution in [3.05, 3.63) is 41.0 Å². The largest absolute Gasteiger partial charge is 0.395 e. The number of aryl methyl sites for hydroxylation is 1. The predicted octanol–water partition coefficient (Wildman–Crippen LogP) is 1.97. The van der Waals surface area contributed by atoms with E-state index in [9.17, 15) is 9.18 Å². The van der Waals surface area contributed by atoms with Crippen LogP contribution in [0.3, 0.4) is 0 Å². The van der Waals surface area contributed by atoms with Gasteiger partial charge in [-0.3, -0.25) is 10.1 Å². The Kier molecular flexibility index (Phi) is 4.98. The van der Waals surface area contributed by atoms with Crippen LogP contribution in [-0.2, 0) is 0 Å². The van der Waals surface area contributed by atoms with Crippen LogP contribution >= 0.6 is 11.5 Å². The van der Waals surface area contributed by atoms with Crippen molar-refractivity contribution in [1.29, 1.82) is 0 Å². The van der Waals surface area contributed by atoms with Crippen molar-refractivity contribution < 1.29 is 14.3 Å². The normalized spacial score (nSPS) is 9.86. The van der Waals surface area contributed by atoms with E-state index in [1.54, 1.807) is 6.92 Å². The van der Waals surface area contributed by atoms with E-state index in [0.29, 0.717) is 16.5 Å². The molecule has 2 N–H and O–H groups in total. The molecule has 0 aliphatic rings. The number of aromatic nitrogens is 2. The number of nitrogens with zero attached hydrogens (tertiary/aromatic N) is 2. The molecular formula is C14H12FN3O2S. The summed E-state index contributed by atoms with van der Waals surface area (Å²) < 4.78 is 17.3.